The van der Waals surface area contributed by atoms with Gasteiger partial charge in [-0.2, -0.15) is 13.2 Å². The third-order valence-electron chi connectivity index (χ3n) is 6.00. The van der Waals surface area contributed by atoms with Crippen molar-refractivity contribution in [1.82, 2.24) is 4.90 Å². The molecule has 6 nitrogen and oxygen atoms in total. The van der Waals surface area contributed by atoms with Crippen molar-refractivity contribution in [1.29, 1.82) is 0 Å². The summed E-state index contributed by atoms with van der Waals surface area (Å²) in [6.45, 7) is 4.13. The van der Waals surface area contributed by atoms with E-state index in [9.17, 15) is 22.8 Å². The molecule has 1 N–H and O–H groups in total. The van der Waals surface area contributed by atoms with Crippen molar-refractivity contribution in [3.63, 3.8) is 0 Å². The number of nitrogens with zero attached hydrogens (tertiary/aromatic N) is 1. The fourth-order valence-corrected chi connectivity index (χ4v) is 4.05. The van der Waals surface area contributed by atoms with Gasteiger partial charge in [-0.25, -0.2) is 0 Å². The fourth-order valence-electron chi connectivity index (χ4n) is 4.05. The maximum absolute atomic E-state index is 13.1. The van der Waals surface area contributed by atoms with E-state index in [2.05, 4.69) is 10.2 Å². The molecule has 0 bridgehead atoms. The lowest BCUT2D eigenvalue weighted by atomic mass is 10.00. The maximum atomic E-state index is 13.1. The zero-order valence-electron chi connectivity index (χ0n) is 20.1. The highest BCUT2D eigenvalue weighted by molar-refractivity contribution is 6.10. The number of benzene rings is 3. The van der Waals surface area contributed by atoms with Gasteiger partial charge in [-0.05, 0) is 35.9 Å². The number of alkyl halides is 3. The average Bonchev–Trinajstić information content (AvgIpc) is 2.89. The molecule has 3 aromatic rings. The van der Waals surface area contributed by atoms with E-state index in [1.807, 2.05) is 0 Å². The Bertz CT molecular complexity index is 1240. The molecule has 194 valence electrons. The second-order valence-corrected chi connectivity index (χ2v) is 8.60. The van der Waals surface area contributed by atoms with Crippen molar-refractivity contribution in [2.75, 3.05) is 44.8 Å². The smallest absolute Gasteiger partial charge is 0.416 e. The Kier molecular flexibility index (Phi) is 8.58. The largest absolute Gasteiger partial charge is 0.491 e. The van der Waals surface area contributed by atoms with E-state index in [0.29, 0.717) is 37.7 Å². The van der Waals surface area contributed by atoms with Gasteiger partial charge < -0.3 is 14.8 Å². The van der Waals surface area contributed by atoms with Crippen LogP contribution in [0.5, 0.6) is 5.75 Å². The number of morpholine rings is 1. The van der Waals surface area contributed by atoms with Crippen LogP contribution in [-0.4, -0.2) is 56.0 Å². The van der Waals surface area contributed by atoms with E-state index < -0.39 is 23.4 Å². The molecule has 1 aliphatic rings. The molecule has 0 radical (unpaired) electrons. The number of carbonyl (C=O) groups excluding carboxylic acids is 2. The van der Waals surface area contributed by atoms with E-state index in [0.717, 1.165) is 25.2 Å². The maximum Gasteiger partial charge on any atom is 0.416 e. The lowest BCUT2D eigenvalue weighted by molar-refractivity contribution is -0.137. The second kappa shape index (κ2) is 12.0. The summed E-state index contributed by atoms with van der Waals surface area (Å²) in [5.74, 6) is -0.451. The van der Waals surface area contributed by atoms with Gasteiger partial charge in [0.05, 0.1) is 30.0 Å². The first-order valence-corrected chi connectivity index (χ1v) is 11.9. The predicted octanol–water partition coefficient (Wildman–Crippen LogP) is 5.09. The molecule has 37 heavy (non-hydrogen) atoms. The van der Waals surface area contributed by atoms with Crippen LogP contribution in [0.4, 0.5) is 18.9 Å². The average molecular weight is 513 g/mol. The Morgan fingerprint density at radius 2 is 1.62 bits per heavy atom. The Morgan fingerprint density at radius 1 is 0.919 bits per heavy atom. The van der Waals surface area contributed by atoms with Crippen LogP contribution < -0.4 is 10.1 Å². The minimum Gasteiger partial charge on any atom is -0.491 e. The summed E-state index contributed by atoms with van der Waals surface area (Å²) in [5, 5.41) is 2.76. The summed E-state index contributed by atoms with van der Waals surface area (Å²) in [6, 6.07) is 17.9. The highest BCUT2D eigenvalue weighted by atomic mass is 19.4. The monoisotopic (exact) mass is 512 g/mol. The summed E-state index contributed by atoms with van der Waals surface area (Å²) in [5.41, 5.74) is 0.209. The Morgan fingerprint density at radius 3 is 2.38 bits per heavy atom. The van der Waals surface area contributed by atoms with Crippen LogP contribution in [0.3, 0.4) is 0 Å². The molecule has 0 spiro atoms. The lowest BCUT2D eigenvalue weighted by Gasteiger charge is -2.26. The molecule has 1 heterocycles. The number of Topliss-reactive ketones (excluding diaryl/α,β-unsaturated/α-hetero) is 1. The van der Waals surface area contributed by atoms with Crippen LogP contribution in [0.1, 0.15) is 31.8 Å². The van der Waals surface area contributed by atoms with Gasteiger partial charge in [-0.15, -0.1) is 0 Å². The van der Waals surface area contributed by atoms with Gasteiger partial charge in [0.2, 0.25) is 0 Å². The number of amides is 1. The Hall–Kier alpha value is -3.69. The molecule has 0 aliphatic carbocycles. The van der Waals surface area contributed by atoms with Gasteiger partial charge >= 0.3 is 6.18 Å². The third-order valence-corrected chi connectivity index (χ3v) is 6.00. The van der Waals surface area contributed by atoms with Gasteiger partial charge in [0.1, 0.15) is 12.4 Å². The number of hydrogen-bond donors (Lipinski definition) is 1. The summed E-state index contributed by atoms with van der Waals surface area (Å²) in [6.07, 6.45) is -4.74. The zero-order chi connectivity index (χ0) is 26.3. The number of halogens is 3. The molecular formula is C28H27F3N2O4. The number of rotatable bonds is 9. The summed E-state index contributed by atoms with van der Waals surface area (Å²) >= 11 is 0. The molecule has 0 aromatic heterocycles. The van der Waals surface area contributed by atoms with Crippen LogP contribution in [0.25, 0.3) is 0 Å². The molecule has 0 saturated carbocycles. The minimum atomic E-state index is -4.50. The van der Waals surface area contributed by atoms with Gasteiger partial charge in [0.25, 0.3) is 5.91 Å². The molecule has 1 saturated heterocycles. The first-order chi connectivity index (χ1) is 17.8. The molecule has 3 aromatic carbocycles. The topological polar surface area (TPSA) is 67.9 Å². The number of hydrogen-bond acceptors (Lipinski definition) is 5. The summed E-state index contributed by atoms with van der Waals surface area (Å²) in [4.78, 5) is 28.4. The molecule has 0 atom stereocenters. The van der Waals surface area contributed by atoms with Crippen molar-refractivity contribution >= 4 is 17.4 Å². The normalized spacial score (nSPS) is 14.2. The second-order valence-electron chi connectivity index (χ2n) is 8.60. The zero-order valence-corrected chi connectivity index (χ0v) is 20.1. The molecular weight excluding hydrogens is 485 g/mol. The van der Waals surface area contributed by atoms with Crippen LogP contribution in [0, 0.1) is 0 Å². The van der Waals surface area contributed by atoms with Gasteiger partial charge in [0, 0.05) is 31.6 Å². The quantitative estimate of drug-likeness (QED) is 0.405. The van der Waals surface area contributed by atoms with Crippen molar-refractivity contribution in [2.24, 2.45) is 0 Å². The Labute approximate surface area is 213 Å². The van der Waals surface area contributed by atoms with E-state index in [-0.39, 0.29) is 23.2 Å². The van der Waals surface area contributed by atoms with Gasteiger partial charge in [-0.3, -0.25) is 14.5 Å². The number of nitrogens with one attached hydrogen (secondary N) is 1. The summed E-state index contributed by atoms with van der Waals surface area (Å²) in [7, 11) is 0. The highest BCUT2D eigenvalue weighted by Crippen LogP contribution is 2.30. The van der Waals surface area contributed by atoms with E-state index >= 15 is 0 Å². The lowest BCUT2D eigenvalue weighted by Crippen LogP contribution is -2.38. The molecule has 1 fully saturated rings. The van der Waals surface area contributed by atoms with Crippen LogP contribution in [0.15, 0.2) is 72.8 Å². The Balaban J connectivity index is 1.44. The molecule has 1 amide bonds. The van der Waals surface area contributed by atoms with Crippen molar-refractivity contribution < 1.29 is 32.2 Å². The first kappa shape index (κ1) is 26.4. The number of para-hydroxylation sites is 2. The fraction of sp³-hybridized carbons (Fsp3) is 0.286. The van der Waals surface area contributed by atoms with E-state index in [4.69, 9.17) is 9.47 Å². The molecule has 0 unspecified atom stereocenters. The van der Waals surface area contributed by atoms with Gasteiger partial charge in [0.15, 0.2) is 5.78 Å². The van der Waals surface area contributed by atoms with Crippen molar-refractivity contribution in [3.8, 4) is 5.75 Å². The number of ether oxygens (including phenoxy) is 2. The third kappa shape index (κ3) is 7.18. The standard InChI is InChI=1S/C28H27F3N2O4/c29-28(30,31)21-7-5-6-20(18-21)19-25(34)22-8-1-3-10-24(22)32-27(35)23-9-2-4-11-26(23)37-17-14-33-12-15-36-16-13-33/h1-11,18H,12-17,19H2,(H,32,35). The van der Waals surface area contributed by atoms with E-state index in [1.54, 1.807) is 42.5 Å². The molecule has 9 heteroatoms. The van der Waals surface area contributed by atoms with Crippen LogP contribution in [-0.2, 0) is 17.3 Å². The predicted molar refractivity (Wildman–Crippen MR) is 133 cm³/mol. The van der Waals surface area contributed by atoms with Crippen LogP contribution in [0.2, 0.25) is 0 Å². The summed E-state index contributed by atoms with van der Waals surface area (Å²) < 4.78 is 50.4. The van der Waals surface area contributed by atoms with Crippen molar-refractivity contribution in [3.05, 3.63) is 95.1 Å². The SMILES string of the molecule is O=C(Cc1cccc(C(F)(F)F)c1)c1ccccc1NC(=O)c1ccccc1OCCN1CCOCC1. The minimum absolute atomic E-state index is 0.207. The van der Waals surface area contributed by atoms with E-state index in [1.165, 1.54) is 18.2 Å². The molecule has 4 rings (SSSR count). The molecule has 1 aliphatic heterocycles. The van der Waals surface area contributed by atoms with Crippen molar-refractivity contribution in [2.45, 2.75) is 12.6 Å². The number of carbonyl (C=O) groups is 2. The van der Waals surface area contributed by atoms with Gasteiger partial charge in [-0.1, -0.05) is 42.5 Å². The number of ketones is 1. The highest BCUT2D eigenvalue weighted by Gasteiger charge is 2.30. The van der Waals surface area contributed by atoms with Crippen LogP contribution >= 0.6 is 0 Å². The first-order valence-electron chi connectivity index (χ1n) is 11.9. The number of anilines is 1.